The van der Waals surface area contributed by atoms with Crippen LogP contribution in [0.4, 0.5) is 0 Å². The van der Waals surface area contributed by atoms with E-state index in [-0.39, 0.29) is 6.04 Å². The van der Waals surface area contributed by atoms with Gasteiger partial charge in [-0.2, -0.15) is 0 Å². The first-order valence-electron chi connectivity index (χ1n) is 4.07. The Kier molecular flexibility index (Phi) is 2.09. The third-order valence-electron chi connectivity index (χ3n) is 1.94. The number of aromatic nitrogens is 2. The number of halogens is 1. The quantitative estimate of drug-likeness (QED) is 0.776. The van der Waals surface area contributed by atoms with Gasteiger partial charge in [0, 0.05) is 0 Å². The Bertz CT molecular complexity index is 433. The monoisotopic (exact) mass is 239 g/mol. The van der Waals surface area contributed by atoms with Crippen molar-refractivity contribution in [2.75, 3.05) is 0 Å². The minimum Gasteiger partial charge on any atom is -0.322 e. The normalized spacial score (nSPS) is 13.5. The average Bonchev–Trinajstić information content (AvgIpc) is 2.49. The van der Waals surface area contributed by atoms with Crippen LogP contribution in [0.15, 0.2) is 29.0 Å². The molecule has 1 unspecified atom stereocenters. The van der Waals surface area contributed by atoms with Crippen molar-refractivity contribution in [3.8, 4) is 0 Å². The zero-order chi connectivity index (χ0) is 9.42. The van der Waals surface area contributed by atoms with E-state index in [1.54, 1.807) is 0 Å². The van der Waals surface area contributed by atoms with Crippen LogP contribution in [-0.2, 0) is 0 Å². The van der Waals surface area contributed by atoms with Crippen LogP contribution in [0.1, 0.15) is 18.8 Å². The van der Waals surface area contributed by atoms with Gasteiger partial charge in [0.15, 0.2) is 0 Å². The highest BCUT2D eigenvalue weighted by Gasteiger charge is 2.08. The van der Waals surface area contributed by atoms with Gasteiger partial charge in [-0.25, -0.2) is 4.98 Å². The largest absolute Gasteiger partial charge is 0.322 e. The molecule has 0 aliphatic carbocycles. The lowest BCUT2D eigenvalue weighted by Crippen LogP contribution is -2.10. The minimum absolute atomic E-state index is 0.0544. The van der Waals surface area contributed by atoms with Gasteiger partial charge in [-0.15, -0.1) is 0 Å². The summed E-state index contributed by atoms with van der Waals surface area (Å²) in [5.74, 6) is 0.877. The molecule has 0 aromatic carbocycles. The van der Waals surface area contributed by atoms with Gasteiger partial charge in [-0.3, -0.25) is 4.40 Å². The van der Waals surface area contributed by atoms with Crippen molar-refractivity contribution in [1.82, 2.24) is 9.38 Å². The third-order valence-corrected chi connectivity index (χ3v) is 2.56. The number of hydrogen-bond donors (Lipinski definition) is 1. The zero-order valence-corrected chi connectivity index (χ0v) is 8.82. The third kappa shape index (κ3) is 1.36. The number of hydrogen-bond acceptors (Lipinski definition) is 2. The highest BCUT2D eigenvalue weighted by atomic mass is 79.9. The Balaban J connectivity index is 2.79. The smallest absolute Gasteiger partial charge is 0.130 e. The van der Waals surface area contributed by atoms with E-state index in [9.17, 15) is 0 Å². The number of fused-ring (bicyclic) bond motifs is 1. The van der Waals surface area contributed by atoms with E-state index in [2.05, 4.69) is 20.9 Å². The predicted molar refractivity (Wildman–Crippen MR) is 55.5 cm³/mol. The molecule has 0 aliphatic heterocycles. The maximum absolute atomic E-state index is 5.79. The van der Waals surface area contributed by atoms with E-state index >= 15 is 0 Å². The van der Waals surface area contributed by atoms with Gasteiger partial charge in [0.25, 0.3) is 0 Å². The molecular weight excluding hydrogens is 230 g/mol. The van der Waals surface area contributed by atoms with Crippen molar-refractivity contribution >= 4 is 21.4 Å². The van der Waals surface area contributed by atoms with E-state index in [1.165, 1.54) is 0 Å². The average molecular weight is 240 g/mol. The molecule has 0 saturated heterocycles. The Morgan fingerprint density at radius 3 is 3.00 bits per heavy atom. The first-order valence-corrected chi connectivity index (χ1v) is 4.87. The van der Waals surface area contributed by atoms with Crippen LogP contribution >= 0.6 is 15.9 Å². The lowest BCUT2D eigenvalue weighted by Gasteiger charge is -2.05. The second-order valence-electron chi connectivity index (χ2n) is 3.01. The summed E-state index contributed by atoms with van der Waals surface area (Å²) in [5, 5.41) is 0. The molecule has 0 fully saturated rings. The molecule has 1 atom stereocenters. The molecule has 0 radical (unpaired) electrons. The molecular formula is C9H10BrN3. The van der Waals surface area contributed by atoms with Crippen LogP contribution in [0.5, 0.6) is 0 Å². The summed E-state index contributed by atoms with van der Waals surface area (Å²) >= 11 is 3.46. The van der Waals surface area contributed by atoms with Gasteiger partial charge in [-0.1, -0.05) is 6.07 Å². The van der Waals surface area contributed by atoms with Crippen LogP contribution in [0.25, 0.3) is 5.52 Å². The molecule has 0 saturated carbocycles. The second kappa shape index (κ2) is 3.12. The van der Waals surface area contributed by atoms with Gasteiger partial charge in [-0.05, 0) is 35.0 Å². The lowest BCUT2D eigenvalue weighted by molar-refractivity contribution is 0.731. The van der Waals surface area contributed by atoms with E-state index in [1.807, 2.05) is 35.7 Å². The Morgan fingerprint density at radius 1 is 1.54 bits per heavy atom. The Hall–Kier alpha value is -0.870. The lowest BCUT2D eigenvalue weighted by atomic mass is 10.3. The fourth-order valence-electron chi connectivity index (χ4n) is 1.35. The number of nitrogens with two attached hydrogens (primary N) is 1. The van der Waals surface area contributed by atoms with Crippen LogP contribution < -0.4 is 5.73 Å². The van der Waals surface area contributed by atoms with E-state index < -0.39 is 0 Å². The maximum Gasteiger partial charge on any atom is 0.130 e. The summed E-state index contributed by atoms with van der Waals surface area (Å²) in [4.78, 5) is 4.26. The van der Waals surface area contributed by atoms with Crippen molar-refractivity contribution in [3.05, 3.63) is 34.8 Å². The van der Waals surface area contributed by atoms with Crippen molar-refractivity contribution in [3.63, 3.8) is 0 Å². The fourth-order valence-corrected chi connectivity index (χ4v) is 1.89. The Morgan fingerprint density at radius 2 is 2.31 bits per heavy atom. The number of pyridine rings is 1. The molecule has 68 valence electrons. The zero-order valence-electron chi connectivity index (χ0n) is 7.24. The molecule has 2 heterocycles. The highest BCUT2D eigenvalue weighted by molar-refractivity contribution is 9.10. The summed E-state index contributed by atoms with van der Waals surface area (Å²) in [6.45, 7) is 1.92. The highest BCUT2D eigenvalue weighted by Crippen LogP contribution is 2.18. The summed E-state index contributed by atoms with van der Waals surface area (Å²) in [6.07, 6.45) is 1.82. The van der Waals surface area contributed by atoms with E-state index in [0.717, 1.165) is 15.9 Å². The molecule has 2 N–H and O–H groups in total. The van der Waals surface area contributed by atoms with E-state index in [0.29, 0.717) is 0 Å². The molecule has 2 rings (SSSR count). The first-order chi connectivity index (χ1) is 6.20. The molecule has 0 bridgehead atoms. The summed E-state index contributed by atoms with van der Waals surface area (Å²) in [6, 6.07) is 5.90. The van der Waals surface area contributed by atoms with E-state index in [4.69, 9.17) is 5.73 Å². The van der Waals surface area contributed by atoms with Crippen molar-refractivity contribution in [1.29, 1.82) is 0 Å². The molecule has 0 spiro atoms. The topological polar surface area (TPSA) is 43.3 Å². The van der Waals surface area contributed by atoms with Gasteiger partial charge in [0.05, 0.1) is 22.4 Å². The fraction of sp³-hybridized carbons (Fsp3) is 0.222. The molecule has 0 aliphatic rings. The number of imidazole rings is 1. The molecule has 2 aromatic rings. The molecule has 3 nitrogen and oxygen atoms in total. The summed E-state index contributed by atoms with van der Waals surface area (Å²) in [7, 11) is 0. The standard InChI is InChI=1S/C9H10BrN3/c1-6(11)9-12-5-7-3-2-4-8(10)13(7)9/h2-6H,11H2,1H3. The number of nitrogens with zero attached hydrogens (tertiary/aromatic N) is 2. The van der Waals surface area contributed by atoms with Gasteiger partial charge in [0.1, 0.15) is 5.82 Å². The van der Waals surface area contributed by atoms with Gasteiger partial charge < -0.3 is 5.73 Å². The number of rotatable bonds is 1. The molecule has 13 heavy (non-hydrogen) atoms. The summed E-state index contributed by atoms with van der Waals surface area (Å²) < 4.78 is 2.99. The van der Waals surface area contributed by atoms with Crippen molar-refractivity contribution in [2.45, 2.75) is 13.0 Å². The summed E-state index contributed by atoms with van der Waals surface area (Å²) in [5.41, 5.74) is 6.85. The van der Waals surface area contributed by atoms with Gasteiger partial charge >= 0.3 is 0 Å². The molecule has 0 amide bonds. The first kappa shape index (κ1) is 8.72. The van der Waals surface area contributed by atoms with Crippen LogP contribution in [0, 0.1) is 0 Å². The van der Waals surface area contributed by atoms with Crippen LogP contribution in [0.2, 0.25) is 0 Å². The van der Waals surface area contributed by atoms with Crippen LogP contribution in [-0.4, -0.2) is 9.38 Å². The molecule has 4 heteroatoms. The van der Waals surface area contributed by atoms with Gasteiger partial charge in [0.2, 0.25) is 0 Å². The Labute approximate surface area is 84.7 Å². The van der Waals surface area contributed by atoms with Crippen LogP contribution in [0.3, 0.4) is 0 Å². The SMILES string of the molecule is CC(N)c1ncc2cccc(Br)n12. The van der Waals surface area contributed by atoms with Crippen molar-refractivity contribution < 1.29 is 0 Å². The second-order valence-corrected chi connectivity index (χ2v) is 3.83. The molecule has 2 aromatic heterocycles. The maximum atomic E-state index is 5.79. The predicted octanol–water partition coefficient (Wildman–Crippen LogP) is 2.12. The minimum atomic E-state index is -0.0544. The van der Waals surface area contributed by atoms with Crippen molar-refractivity contribution in [2.24, 2.45) is 5.73 Å².